The molecule has 2 fully saturated rings. The van der Waals surface area contributed by atoms with E-state index in [9.17, 15) is 45.3 Å². The van der Waals surface area contributed by atoms with Crippen molar-refractivity contribution < 1.29 is 73.8 Å². The Hall–Kier alpha value is -2.02. The number of unbranched alkanes of at least 4 members (excludes halogenated alkanes) is 26. The van der Waals surface area contributed by atoms with Crippen molar-refractivity contribution in [2.75, 3.05) is 26.4 Å². The summed E-state index contributed by atoms with van der Waals surface area (Å²) in [6, 6.07) is 0. The van der Waals surface area contributed by atoms with Crippen molar-refractivity contribution in [3.63, 3.8) is 0 Å². The molecule has 0 bridgehead atoms. The van der Waals surface area contributed by atoms with Gasteiger partial charge in [0, 0.05) is 12.8 Å². The standard InChI is InChI=1S/C55H100O15/c1-3-5-7-9-11-13-15-17-19-20-21-22-24-26-28-30-32-34-36-38-47(58)68-43(40-65-46(57)37-35-33-31-29-27-25-23-18-16-14-12-10-8-6-4-2)41-66-54-53(64)51(62)49(60)45(70-54)42-67-55-52(63)50(61)48(59)44(39-56)69-55/h11,13,17,19,43-45,48-56,59-64H,3-10,12,14-16,18,20-42H2,1-2H3/b13-11+,19-17+/t43-,44+,45+,48-,49-,50?,51?,52?,53?,54+,55+/m1/s1. The van der Waals surface area contributed by atoms with Crippen molar-refractivity contribution >= 4 is 11.9 Å². The number of carbonyl (C=O) groups is 2. The topological polar surface area (TPSA) is 231 Å². The van der Waals surface area contributed by atoms with E-state index in [1.807, 2.05) is 0 Å². The second-order valence-corrected chi connectivity index (χ2v) is 19.8. The van der Waals surface area contributed by atoms with Crippen LogP contribution >= 0.6 is 0 Å². The molecule has 11 atom stereocenters. The summed E-state index contributed by atoms with van der Waals surface area (Å²) >= 11 is 0. The number of aliphatic hydroxyl groups excluding tert-OH is 7. The summed E-state index contributed by atoms with van der Waals surface area (Å²) in [4.78, 5) is 25.8. The summed E-state index contributed by atoms with van der Waals surface area (Å²) in [5.41, 5.74) is 0. The Morgan fingerprint density at radius 2 is 0.857 bits per heavy atom. The minimum Gasteiger partial charge on any atom is -0.462 e. The fourth-order valence-electron chi connectivity index (χ4n) is 8.84. The molecule has 7 N–H and O–H groups in total. The predicted octanol–water partition coefficient (Wildman–Crippen LogP) is 8.72. The van der Waals surface area contributed by atoms with Crippen molar-refractivity contribution in [1.82, 2.24) is 0 Å². The zero-order valence-corrected chi connectivity index (χ0v) is 43.5. The van der Waals surface area contributed by atoms with Crippen LogP contribution in [0.15, 0.2) is 24.3 Å². The highest BCUT2D eigenvalue weighted by Crippen LogP contribution is 2.27. The van der Waals surface area contributed by atoms with Crippen molar-refractivity contribution in [3.05, 3.63) is 24.3 Å². The third-order valence-electron chi connectivity index (χ3n) is 13.4. The first-order valence-corrected chi connectivity index (χ1v) is 27.9. The van der Waals surface area contributed by atoms with Gasteiger partial charge in [0.25, 0.3) is 0 Å². The summed E-state index contributed by atoms with van der Waals surface area (Å²) in [5, 5.41) is 72.2. The van der Waals surface area contributed by atoms with Crippen molar-refractivity contribution in [2.45, 2.75) is 287 Å². The number of rotatable bonds is 44. The van der Waals surface area contributed by atoms with Gasteiger partial charge in [-0.15, -0.1) is 0 Å². The van der Waals surface area contributed by atoms with E-state index < -0.39 is 92.7 Å². The summed E-state index contributed by atoms with van der Waals surface area (Å²) < 4.78 is 33.7. The molecule has 2 aliphatic rings. The highest BCUT2D eigenvalue weighted by molar-refractivity contribution is 5.70. The van der Waals surface area contributed by atoms with Crippen LogP contribution in [0.1, 0.15) is 219 Å². The molecule has 2 heterocycles. The fourth-order valence-corrected chi connectivity index (χ4v) is 8.84. The predicted molar refractivity (Wildman–Crippen MR) is 271 cm³/mol. The molecular weight excluding hydrogens is 901 g/mol. The second kappa shape index (κ2) is 42.3. The monoisotopic (exact) mass is 1000 g/mol. The Bertz CT molecular complexity index is 1310. The molecule has 0 radical (unpaired) electrons. The maximum atomic E-state index is 13.0. The smallest absolute Gasteiger partial charge is 0.306 e. The van der Waals surface area contributed by atoms with Crippen LogP contribution in [-0.2, 0) is 38.0 Å². The van der Waals surface area contributed by atoms with Gasteiger partial charge in [0.05, 0.1) is 19.8 Å². The Morgan fingerprint density at radius 3 is 1.36 bits per heavy atom. The number of esters is 2. The van der Waals surface area contributed by atoms with Crippen molar-refractivity contribution in [2.24, 2.45) is 0 Å². The van der Waals surface area contributed by atoms with Gasteiger partial charge in [0.15, 0.2) is 18.7 Å². The van der Waals surface area contributed by atoms with Crippen LogP contribution in [0.2, 0.25) is 0 Å². The molecule has 0 saturated carbocycles. The molecule has 70 heavy (non-hydrogen) atoms. The molecule has 0 aromatic heterocycles. The summed E-state index contributed by atoms with van der Waals surface area (Å²) in [6.07, 6.45) is 27.6. The number of allylic oxidation sites excluding steroid dienone is 4. The Morgan fingerprint density at radius 1 is 0.457 bits per heavy atom. The van der Waals surface area contributed by atoms with E-state index in [-0.39, 0.29) is 26.1 Å². The molecular formula is C55H100O15. The largest absolute Gasteiger partial charge is 0.462 e. The first kappa shape index (κ1) is 64.1. The van der Waals surface area contributed by atoms with Crippen LogP contribution in [0, 0.1) is 0 Å². The van der Waals surface area contributed by atoms with E-state index in [0.29, 0.717) is 12.8 Å². The van der Waals surface area contributed by atoms with Gasteiger partial charge in [-0.25, -0.2) is 0 Å². The Balaban J connectivity index is 1.77. The Labute approximate surface area is 422 Å². The zero-order valence-electron chi connectivity index (χ0n) is 43.5. The maximum Gasteiger partial charge on any atom is 0.306 e. The van der Waals surface area contributed by atoms with Gasteiger partial charge in [-0.05, 0) is 44.9 Å². The highest BCUT2D eigenvalue weighted by Gasteiger charge is 2.47. The molecule has 0 aliphatic carbocycles. The number of ether oxygens (including phenoxy) is 6. The van der Waals surface area contributed by atoms with E-state index in [0.717, 1.165) is 57.8 Å². The quantitative estimate of drug-likeness (QED) is 0.0172. The highest BCUT2D eigenvalue weighted by atomic mass is 16.7. The number of aliphatic hydroxyl groups is 7. The molecule has 15 heteroatoms. The van der Waals surface area contributed by atoms with Gasteiger partial charge in [-0.2, -0.15) is 0 Å². The SMILES string of the molecule is CCCCC/C=C/C/C=C/CCCCCCCCCCCC(=O)O[C@H](COC(=O)CCCCCCCCCCCCCCCCC)CO[C@H]1O[C@@H](CO[C@H]2O[C@@H](CO)[C@@H](O)C(O)C2O)[C@@H](O)C(O)C1O. The molecule has 2 rings (SSSR count). The lowest BCUT2D eigenvalue weighted by Gasteiger charge is -2.42. The maximum absolute atomic E-state index is 13.0. The molecule has 410 valence electrons. The zero-order chi connectivity index (χ0) is 51.0. The lowest BCUT2D eigenvalue weighted by molar-refractivity contribution is -0.332. The van der Waals surface area contributed by atoms with Gasteiger partial charge in [0.1, 0.15) is 55.4 Å². The van der Waals surface area contributed by atoms with Crippen molar-refractivity contribution in [1.29, 1.82) is 0 Å². The van der Waals surface area contributed by atoms with Crippen LogP contribution < -0.4 is 0 Å². The van der Waals surface area contributed by atoms with E-state index in [1.54, 1.807) is 0 Å². The molecule has 15 nitrogen and oxygen atoms in total. The van der Waals surface area contributed by atoms with E-state index >= 15 is 0 Å². The summed E-state index contributed by atoms with van der Waals surface area (Å²) in [5.74, 6) is -0.919. The second-order valence-electron chi connectivity index (χ2n) is 19.8. The normalized spacial score (nSPS) is 25.5. The van der Waals surface area contributed by atoms with Crippen LogP contribution in [0.4, 0.5) is 0 Å². The van der Waals surface area contributed by atoms with Gasteiger partial charge in [0.2, 0.25) is 0 Å². The van der Waals surface area contributed by atoms with Crippen LogP contribution in [0.25, 0.3) is 0 Å². The summed E-state index contributed by atoms with van der Waals surface area (Å²) in [7, 11) is 0. The average molecular weight is 1000 g/mol. The van der Waals surface area contributed by atoms with Gasteiger partial charge >= 0.3 is 11.9 Å². The van der Waals surface area contributed by atoms with E-state index in [4.69, 9.17) is 28.4 Å². The molecule has 0 spiro atoms. The van der Waals surface area contributed by atoms with Gasteiger partial charge in [-0.3, -0.25) is 9.59 Å². The molecule has 0 amide bonds. The van der Waals surface area contributed by atoms with Gasteiger partial charge < -0.3 is 64.2 Å². The minimum atomic E-state index is -1.76. The van der Waals surface area contributed by atoms with E-state index in [2.05, 4.69) is 38.2 Å². The minimum absolute atomic E-state index is 0.163. The van der Waals surface area contributed by atoms with Crippen molar-refractivity contribution in [3.8, 4) is 0 Å². The lowest BCUT2D eigenvalue weighted by atomic mass is 9.98. The Kier molecular flexibility index (Phi) is 38.8. The molecule has 2 aliphatic heterocycles. The molecule has 0 aromatic rings. The van der Waals surface area contributed by atoms with Crippen LogP contribution in [0.5, 0.6) is 0 Å². The third-order valence-corrected chi connectivity index (χ3v) is 13.4. The van der Waals surface area contributed by atoms with Crippen LogP contribution in [-0.4, -0.2) is 142 Å². The average Bonchev–Trinajstić information content (AvgIpc) is 3.35. The lowest BCUT2D eigenvalue weighted by Crippen LogP contribution is -2.61. The third kappa shape index (κ3) is 29.6. The van der Waals surface area contributed by atoms with E-state index in [1.165, 1.54) is 122 Å². The fraction of sp³-hybridized carbons (Fsp3) is 0.891. The summed E-state index contributed by atoms with van der Waals surface area (Å²) in [6.45, 7) is 2.59. The molecule has 2 saturated heterocycles. The number of carbonyl (C=O) groups excluding carboxylic acids is 2. The number of hydrogen-bond acceptors (Lipinski definition) is 15. The molecule has 4 unspecified atom stereocenters. The number of hydrogen-bond donors (Lipinski definition) is 7. The van der Waals surface area contributed by atoms with Crippen LogP contribution in [0.3, 0.4) is 0 Å². The molecule has 0 aromatic carbocycles. The first-order valence-electron chi connectivity index (χ1n) is 27.9. The first-order chi connectivity index (χ1) is 34.0. The van der Waals surface area contributed by atoms with Gasteiger partial charge in [-0.1, -0.05) is 186 Å².